The molecular formula is C12H18O2. The third kappa shape index (κ3) is 2.72. The van der Waals surface area contributed by atoms with Gasteiger partial charge in [-0.05, 0) is 37.7 Å². The summed E-state index contributed by atoms with van der Waals surface area (Å²) >= 11 is 0. The first-order valence-corrected chi connectivity index (χ1v) is 5.01. The van der Waals surface area contributed by atoms with E-state index in [1.165, 1.54) is 12.5 Å². The van der Waals surface area contributed by atoms with Gasteiger partial charge < -0.3 is 4.74 Å². The van der Waals surface area contributed by atoms with Gasteiger partial charge in [0, 0.05) is 6.92 Å². The van der Waals surface area contributed by atoms with E-state index in [9.17, 15) is 4.79 Å². The zero-order chi connectivity index (χ0) is 10.7. The third-order valence-electron chi connectivity index (χ3n) is 2.77. The molecule has 1 saturated carbocycles. The Morgan fingerprint density at radius 2 is 2.14 bits per heavy atom. The van der Waals surface area contributed by atoms with Gasteiger partial charge in [-0.15, -0.1) is 0 Å². The predicted molar refractivity (Wildman–Crippen MR) is 56.8 cm³/mol. The molecular weight excluding hydrogens is 176 g/mol. The van der Waals surface area contributed by atoms with Crippen molar-refractivity contribution >= 4 is 5.97 Å². The van der Waals surface area contributed by atoms with Crippen LogP contribution in [0, 0.1) is 5.92 Å². The van der Waals surface area contributed by atoms with Crippen LogP contribution < -0.4 is 0 Å². The molecule has 0 radical (unpaired) electrons. The van der Waals surface area contributed by atoms with Crippen LogP contribution in [0.25, 0.3) is 0 Å². The van der Waals surface area contributed by atoms with E-state index in [1.54, 1.807) is 0 Å². The molecule has 1 fully saturated rings. The first kappa shape index (κ1) is 11.0. The normalized spacial score (nSPS) is 27.1. The monoisotopic (exact) mass is 194 g/mol. The summed E-state index contributed by atoms with van der Waals surface area (Å²) < 4.78 is 5.20. The van der Waals surface area contributed by atoms with Crippen LogP contribution in [0.4, 0.5) is 0 Å². The molecule has 2 atom stereocenters. The average molecular weight is 194 g/mol. The molecule has 0 aliphatic heterocycles. The van der Waals surface area contributed by atoms with Crippen LogP contribution in [-0.2, 0) is 9.53 Å². The topological polar surface area (TPSA) is 26.3 Å². The minimum atomic E-state index is -0.224. The van der Waals surface area contributed by atoms with E-state index in [0.717, 1.165) is 24.8 Å². The van der Waals surface area contributed by atoms with E-state index in [2.05, 4.69) is 13.2 Å². The minimum Gasteiger partial charge on any atom is -0.458 e. The Kier molecular flexibility index (Phi) is 3.50. The second kappa shape index (κ2) is 4.45. The Morgan fingerprint density at radius 1 is 1.50 bits per heavy atom. The lowest BCUT2D eigenvalue weighted by atomic mass is 9.81. The van der Waals surface area contributed by atoms with E-state index < -0.39 is 0 Å². The molecule has 0 heterocycles. The van der Waals surface area contributed by atoms with Gasteiger partial charge in [-0.3, -0.25) is 4.79 Å². The summed E-state index contributed by atoms with van der Waals surface area (Å²) in [6, 6.07) is 0. The van der Waals surface area contributed by atoms with E-state index in [1.807, 2.05) is 6.92 Å². The molecule has 0 unspecified atom stereocenters. The highest BCUT2D eigenvalue weighted by Gasteiger charge is 2.26. The van der Waals surface area contributed by atoms with Crippen LogP contribution >= 0.6 is 0 Å². The predicted octanol–water partition coefficient (Wildman–Crippen LogP) is 2.85. The number of carbonyl (C=O) groups excluding carboxylic acids is 1. The van der Waals surface area contributed by atoms with Gasteiger partial charge in [0.2, 0.25) is 0 Å². The van der Waals surface area contributed by atoms with Crippen LogP contribution in [0.15, 0.2) is 24.3 Å². The summed E-state index contributed by atoms with van der Waals surface area (Å²) in [7, 11) is 0. The van der Waals surface area contributed by atoms with E-state index in [4.69, 9.17) is 4.74 Å². The fourth-order valence-corrected chi connectivity index (χ4v) is 1.84. The van der Waals surface area contributed by atoms with E-state index >= 15 is 0 Å². The zero-order valence-electron chi connectivity index (χ0n) is 9.01. The second-order valence-corrected chi connectivity index (χ2v) is 4.07. The van der Waals surface area contributed by atoms with Gasteiger partial charge in [0.05, 0.1) is 0 Å². The Labute approximate surface area is 85.6 Å². The Hall–Kier alpha value is -1.05. The van der Waals surface area contributed by atoms with Crippen molar-refractivity contribution in [2.75, 3.05) is 0 Å². The lowest BCUT2D eigenvalue weighted by molar-refractivity contribution is -0.145. The first-order valence-electron chi connectivity index (χ1n) is 5.01. The smallest absolute Gasteiger partial charge is 0.303 e. The van der Waals surface area contributed by atoms with Gasteiger partial charge >= 0.3 is 5.97 Å². The van der Waals surface area contributed by atoms with Crippen molar-refractivity contribution in [2.24, 2.45) is 5.92 Å². The molecule has 0 saturated heterocycles. The maximum absolute atomic E-state index is 10.8. The van der Waals surface area contributed by atoms with Gasteiger partial charge in [-0.1, -0.05) is 18.7 Å². The van der Waals surface area contributed by atoms with Crippen LogP contribution in [-0.4, -0.2) is 12.1 Å². The lowest BCUT2D eigenvalue weighted by Crippen LogP contribution is -2.27. The van der Waals surface area contributed by atoms with Crippen LogP contribution in [0.1, 0.15) is 33.1 Å². The second-order valence-electron chi connectivity index (χ2n) is 4.07. The molecule has 0 N–H and O–H groups in total. The molecule has 1 aliphatic carbocycles. The first-order chi connectivity index (χ1) is 6.50. The molecule has 0 spiro atoms. The molecule has 2 nitrogen and oxygen atoms in total. The number of allylic oxidation sites excluding steroid dienone is 1. The molecule has 0 aromatic heterocycles. The molecule has 0 amide bonds. The van der Waals surface area contributed by atoms with Gasteiger partial charge in [0.25, 0.3) is 0 Å². The van der Waals surface area contributed by atoms with Gasteiger partial charge in [-0.25, -0.2) is 0 Å². The third-order valence-corrected chi connectivity index (χ3v) is 2.77. The minimum absolute atomic E-state index is 0.0945. The number of hydrogen-bond donors (Lipinski definition) is 0. The standard InChI is InChI=1S/C12H18O2/c1-8(2)11-6-5-9(3)12(7-11)14-10(4)13/h11-12H,1,3,5-7H2,2,4H3/t11-,12-/m0/s1. The Morgan fingerprint density at radius 3 is 2.64 bits per heavy atom. The summed E-state index contributed by atoms with van der Waals surface area (Å²) in [6.45, 7) is 11.4. The van der Waals surface area contributed by atoms with Gasteiger partial charge in [0.1, 0.15) is 6.10 Å². The van der Waals surface area contributed by atoms with Crippen molar-refractivity contribution in [3.05, 3.63) is 24.3 Å². The summed E-state index contributed by atoms with van der Waals surface area (Å²) in [6.07, 6.45) is 2.79. The van der Waals surface area contributed by atoms with Crippen LogP contribution in [0.2, 0.25) is 0 Å². The highest BCUT2D eigenvalue weighted by atomic mass is 16.5. The van der Waals surface area contributed by atoms with Crippen LogP contribution in [0.3, 0.4) is 0 Å². The van der Waals surface area contributed by atoms with Crippen molar-refractivity contribution in [1.82, 2.24) is 0 Å². The summed E-state index contributed by atoms with van der Waals surface area (Å²) in [5.74, 6) is 0.253. The van der Waals surface area contributed by atoms with Gasteiger partial charge in [-0.2, -0.15) is 0 Å². The number of ether oxygens (including phenoxy) is 1. The summed E-state index contributed by atoms with van der Waals surface area (Å²) in [5, 5.41) is 0. The summed E-state index contributed by atoms with van der Waals surface area (Å²) in [5.41, 5.74) is 2.22. The Bertz CT molecular complexity index is 265. The number of rotatable bonds is 2. The average Bonchev–Trinajstić information content (AvgIpc) is 2.07. The molecule has 0 bridgehead atoms. The fourth-order valence-electron chi connectivity index (χ4n) is 1.84. The zero-order valence-corrected chi connectivity index (χ0v) is 9.01. The highest BCUT2D eigenvalue weighted by Crippen LogP contribution is 2.33. The van der Waals surface area contributed by atoms with Crippen molar-refractivity contribution < 1.29 is 9.53 Å². The van der Waals surface area contributed by atoms with Crippen molar-refractivity contribution in [3.8, 4) is 0 Å². The number of carbonyl (C=O) groups is 1. The maximum Gasteiger partial charge on any atom is 0.303 e. The Balaban J connectivity index is 2.59. The van der Waals surface area contributed by atoms with Gasteiger partial charge in [0.15, 0.2) is 0 Å². The highest BCUT2D eigenvalue weighted by molar-refractivity contribution is 5.66. The fraction of sp³-hybridized carbons (Fsp3) is 0.583. The summed E-state index contributed by atoms with van der Waals surface area (Å²) in [4.78, 5) is 10.8. The molecule has 1 rings (SSSR count). The lowest BCUT2D eigenvalue weighted by Gasteiger charge is -2.30. The van der Waals surface area contributed by atoms with Crippen molar-refractivity contribution in [1.29, 1.82) is 0 Å². The maximum atomic E-state index is 10.8. The largest absolute Gasteiger partial charge is 0.458 e. The quantitative estimate of drug-likeness (QED) is 0.499. The molecule has 0 aromatic rings. The molecule has 1 aliphatic rings. The molecule has 0 aromatic carbocycles. The molecule has 78 valence electrons. The molecule has 14 heavy (non-hydrogen) atoms. The van der Waals surface area contributed by atoms with Crippen LogP contribution in [0.5, 0.6) is 0 Å². The van der Waals surface area contributed by atoms with E-state index in [-0.39, 0.29) is 12.1 Å². The van der Waals surface area contributed by atoms with E-state index in [0.29, 0.717) is 5.92 Å². The van der Waals surface area contributed by atoms with Crippen molar-refractivity contribution in [2.45, 2.75) is 39.2 Å². The number of hydrogen-bond acceptors (Lipinski definition) is 2. The number of esters is 1. The van der Waals surface area contributed by atoms with Crippen molar-refractivity contribution in [3.63, 3.8) is 0 Å². The SMILES string of the molecule is C=C(C)[C@H]1CCC(=C)[C@@H](OC(C)=O)C1. The molecule has 2 heteroatoms.